The summed E-state index contributed by atoms with van der Waals surface area (Å²) >= 11 is 0. The number of carbonyl (C=O) groups excluding carboxylic acids is 1. The molecule has 0 radical (unpaired) electrons. The predicted molar refractivity (Wildman–Crippen MR) is 114 cm³/mol. The molecule has 1 aromatic heterocycles. The van der Waals surface area contributed by atoms with E-state index in [1.54, 1.807) is 6.07 Å². The Morgan fingerprint density at radius 3 is 2.28 bits per heavy atom. The van der Waals surface area contributed by atoms with E-state index < -0.39 is 0 Å². The number of phenols is 1. The number of benzene rings is 2. The molecule has 1 saturated heterocycles. The third-order valence-electron chi connectivity index (χ3n) is 5.46. The lowest BCUT2D eigenvalue weighted by atomic mass is 10.0. The summed E-state index contributed by atoms with van der Waals surface area (Å²) in [5, 5.41) is 9.76. The van der Waals surface area contributed by atoms with Gasteiger partial charge in [0, 0.05) is 29.8 Å². The molecule has 1 amide bonds. The maximum atomic E-state index is 13.0. The van der Waals surface area contributed by atoms with Gasteiger partial charge in [-0.1, -0.05) is 25.0 Å². The fraction of sp³-hybridized carbons (Fsp3) is 0.292. The molecule has 0 aliphatic carbocycles. The molecule has 0 spiro atoms. The topological polar surface area (TPSA) is 66.3 Å². The molecule has 148 valence electrons. The Bertz CT molecular complexity index is 1020. The van der Waals surface area contributed by atoms with E-state index in [0.29, 0.717) is 5.56 Å². The standard InChI is InChI=1S/C24H25N3O2/c1-17-13-19(9-10-23(17)28)22-15-21(25-16-26-22)18-7-6-8-20(14-18)24(29)27-11-4-2-3-5-12-27/h6-10,13-16,28H,2-5,11-12H2,1H3. The molecule has 0 unspecified atom stereocenters. The fourth-order valence-electron chi connectivity index (χ4n) is 3.76. The molecular formula is C24H25N3O2. The zero-order valence-electron chi connectivity index (χ0n) is 16.6. The number of likely N-dealkylation sites (tertiary alicyclic amines) is 1. The Morgan fingerprint density at radius 2 is 1.59 bits per heavy atom. The van der Waals surface area contributed by atoms with Gasteiger partial charge in [-0.2, -0.15) is 0 Å². The van der Waals surface area contributed by atoms with E-state index in [2.05, 4.69) is 9.97 Å². The number of aromatic hydroxyl groups is 1. The minimum Gasteiger partial charge on any atom is -0.508 e. The number of phenolic OH excluding ortho intramolecular Hbond substituents is 1. The molecule has 1 aliphatic heterocycles. The normalized spacial score (nSPS) is 14.4. The third-order valence-corrected chi connectivity index (χ3v) is 5.46. The summed E-state index contributed by atoms with van der Waals surface area (Å²) in [5.74, 6) is 0.361. The van der Waals surface area contributed by atoms with Crippen molar-refractivity contribution in [3.8, 4) is 28.3 Å². The highest BCUT2D eigenvalue weighted by Gasteiger charge is 2.18. The van der Waals surface area contributed by atoms with E-state index in [0.717, 1.165) is 54.0 Å². The highest BCUT2D eigenvalue weighted by Crippen LogP contribution is 2.27. The summed E-state index contributed by atoms with van der Waals surface area (Å²) in [6.07, 6.45) is 6.09. The number of amides is 1. The molecule has 29 heavy (non-hydrogen) atoms. The summed E-state index contributed by atoms with van der Waals surface area (Å²) in [5.41, 5.74) is 4.86. The fourth-order valence-corrected chi connectivity index (χ4v) is 3.76. The van der Waals surface area contributed by atoms with Crippen LogP contribution in [-0.4, -0.2) is 39.0 Å². The van der Waals surface area contributed by atoms with E-state index in [1.165, 1.54) is 19.2 Å². The minimum atomic E-state index is 0.0946. The van der Waals surface area contributed by atoms with Gasteiger partial charge in [0.2, 0.25) is 0 Å². The van der Waals surface area contributed by atoms with Crippen LogP contribution in [0.3, 0.4) is 0 Å². The Balaban J connectivity index is 1.63. The number of hydrogen-bond acceptors (Lipinski definition) is 4. The minimum absolute atomic E-state index is 0.0946. The van der Waals surface area contributed by atoms with Gasteiger partial charge in [-0.3, -0.25) is 4.79 Å². The monoisotopic (exact) mass is 387 g/mol. The lowest BCUT2D eigenvalue weighted by Crippen LogP contribution is -2.31. The summed E-state index contributed by atoms with van der Waals surface area (Å²) in [6, 6.07) is 15.0. The lowest BCUT2D eigenvalue weighted by molar-refractivity contribution is 0.0761. The maximum Gasteiger partial charge on any atom is 0.253 e. The molecule has 0 saturated carbocycles. The summed E-state index contributed by atoms with van der Waals surface area (Å²) < 4.78 is 0. The molecule has 3 aromatic rings. The molecule has 1 aliphatic rings. The van der Waals surface area contributed by atoms with Crippen LogP contribution >= 0.6 is 0 Å². The van der Waals surface area contributed by atoms with Crippen LogP contribution in [0.4, 0.5) is 0 Å². The van der Waals surface area contributed by atoms with E-state index in [9.17, 15) is 9.90 Å². The van der Waals surface area contributed by atoms with Crippen molar-refractivity contribution in [3.63, 3.8) is 0 Å². The molecular weight excluding hydrogens is 362 g/mol. The van der Waals surface area contributed by atoms with Crippen molar-refractivity contribution in [2.45, 2.75) is 32.6 Å². The van der Waals surface area contributed by atoms with Gasteiger partial charge in [-0.05, 0) is 61.7 Å². The molecule has 5 nitrogen and oxygen atoms in total. The van der Waals surface area contributed by atoms with Crippen molar-refractivity contribution >= 4 is 5.91 Å². The third kappa shape index (κ3) is 4.29. The SMILES string of the molecule is Cc1cc(-c2cc(-c3cccc(C(=O)N4CCCCCC4)c3)ncn2)ccc1O. The van der Waals surface area contributed by atoms with Gasteiger partial charge >= 0.3 is 0 Å². The van der Waals surface area contributed by atoms with Crippen molar-refractivity contribution in [2.75, 3.05) is 13.1 Å². The second-order valence-corrected chi connectivity index (χ2v) is 7.58. The van der Waals surface area contributed by atoms with Crippen molar-refractivity contribution in [1.82, 2.24) is 14.9 Å². The number of rotatable bonds is 3. The Kier molecular flexibility index (Phi) is 5.56. The first-order valence-electron chi connectivity index (χ1n) is 10.1. The first-order valence-corrected chi connectivity index (χ1v) is 10.1. The summed E-state index contributed by atoms with van der Waals surface area (Å²) in [4.78, 5) is 23.7. The van der Waals surface area contributed by atoms with Crippen molar-refractivity contribution in [2.24, 2.45) is 0 Å². The van der Waals surface area contributed by atoms with Crippen LogP contribution in [0.25, 0.3) is 22.5 Å². The quantitative estimate of drug-likeness (QED) is 0.698. The van der Waals surface area contributed by atoms with E-state index in [1.807, 2.05) is 54.3 Å². The van der Waals surface area contributed by atoms with Crippen LogP contribution in [0.15, 0.2) is 54.9 Å². The zero-order valence-corrected chi connectivity index (χ0v) is 16.6. The summed E-state index contributed by atoms with van der Waals surface area (Å²) in [6.45, 7) is 3.53. The van der Waals surface area contributed by atoms with E-state index >= 15 is 0 Å². The number of nitrogens with zero attached hydrogens (tertiary/aromatic N) is 3. The van der Waals surface area contributed by atoms with Crippen molar-refractivity contribution < 1.29 is 9.90 Å². The van der Waals surface area contributed by atoms with Crippen LogP contribution in [-0.2, 0) is 0 Å². The Hall–Kier alpha value is -3.21. The smallest absolute Gasteiger partial charge is 0.253 e. The highest BCUT2D eigenvalue weighted by molar-refractivity contribution is 5.95. The van der Waals surface area contributed by atoms with Gasteiger partial charge in [0.05, 0.1) is 11.4 Å². The average Bonchev–Trinajstić information content (AvgIpc) is 3.05. The summed E-state index contributed by atoms with van der Waals surface area (Å²) in [7, 11) is 0. The molecule has 4 rings (SSSR count). The highest BCUT2D eigenvalue weighted by atomic mass is 16.3. The predicted octanol–water partition coefficient (Wildman–Crippen LogP) is 4.84. The van der Waals surface area contributed by atoms with Gasteiger partial charge < -0.3 is 10.0 Å². The molecule has 1 N–H and O–H groups in total. The number of hydrogen-bond donors (Lipinski definition) is 1. The molecule has 1 fully saturated rings. The van der Waals surface area contributed by atoms with Crippen LogP contribution in [0, 0.1) is 6.92 Å². The molecule has 0 bridgehead atoms. The van der Waals surface area contributed by atoms with Crippen molar-refractivity contribution in [1.29, 1.82) is 0 Å². The number of carbonyl (C=O) groups is 1. The molecule has 2 aromatic carbocycles. The van der Waals surface area contributed by atoms with Gasteiger partial charge in [-0.15, -0.1) is 0 Å². The van der Waals surface area contributed by atoms with Gasteiger partial charge in [0.25, 0.3) is 5.91 Å². The maximum absolute atomic E-state index is 13.0. The first kappa shape index (κ1) is 19.1. The van der Waals surface area contributed by atoms with Crippen LogP contribution in [0.5, 0.6) is 5.75 Å². The van der Waals surface area contributed by atoms with Crippen molar-refractivity contribution in [3.05, 3.63) is 66.0 Å². The average molecular weight is 387 g/mol. The molecule has 0 atom stereocenters. The largest absolute Gasteiger partial charge is 0.508 e. The first-order chi connectivity index (χ1) is 14.1. The van der Waals surface area contributed by atoms with Crippen LogP contribution in [0.1, 0.15) is 41.6 Å². The van der Waals surface area contributed by atoms with Crippen LogP contribution < -0.4 is 0 Å². The van der Waals surface area contributed by atoms with E-state index in [4.69, 9.17) is 0 Å². The van der Waals surface area contributed by atoms with E-state index in [-0.39, 0.29) is 11.7 Å². The van der Waals surface area contributed by atoms with Gasteiger partial charge in [0.1, 0.15) is 12.1 Å². The number of aryl methyl sites for hydroxylation is 1. The molecule has 2 heterocycles. The number of aromatic nitrogens is 2. The lowest BCUT2D eigenvalue weighted by Gasteiger charge is -2.20. The second-order valence-electron chi connectivity index (χ2n) is 7.58. The Labute approximate surface area is 171 Å². The second kappa shape index (κ2) is 8.43. The molecule has 5 heteroatoms. The zero-order chi connectivity index (χ0) is 20.2. The van der Waals surface area contributed by atoms with Crippen LogP contribution in [0.2, 0.25) is 0 Å². The Morgan fingerprint density at radius 1 is 0.897 bits per heavy atom. The van der Waals surface area contributed by atoms with Gasteiger partial charge in [-0.25, -0.2) is 9.97 Å². The van der Waals surface area contributed by atoms with Gasteiger partial charge in [0.15, 0.2) is 0 Å².